The van der Waals surface area contributed by atoms with Gasteiger partial charge in [0.15, 0.2) is 0 Å². The summed E-state index contributed by atoms with van der Waals surface area (Å²) in [6.45, 7) is 5.45. The monoisotopic (exact) mass is 308 g/mol. The van der Waals surface area contributed by atoms with E-state index in [0.29, 0.717) is 18.0 Å². The number of benzene rings is 1. The van der Waals surface area contributed by atoms with Crippen molar-refractivity contribution in [3.8, 4) is 0 Å². The lowest BCUT2D eigenvalue weighted by Gasteiger charge is -2.13. The van der Waals surface area contributed by atoms with Crippen LogP contribution in [0.25, 0.3) is 10.9 Å². The molecular formula is C18H20N4O. The summed E-state index contributed by atoms with van der Waals surface area (Å²) in [4.78, 5) is 16.8. The summed E-state index contributed by atoms with van der Waals surface area (Å²) in [5, 5.41) is 8.15. The first-order valence-electron chi connectivity index (χ1n) is 7.75. The molecule has 1 N–H and O–H groups in total. The quantitative estimate of drug-likeness (QED) is 0.788. The lowest BCUT2D eigenvalue weighted by Crippen LogP contribution is -2.30. The molecule has 1 aromatic carbocycles. The molecule has 2 aromatic heterocycles. The van der Waals surface area contributed by atoms with Gasteiger partial charge in [0.05, 0.1) is 5.52 Å². The van der Waals surface area contributed by atoms with Crippen molar-refractivity contribution in [3.05, 3.63) is 60.0 Å². The number of carbonyl (C=O) groups excluding carboxylic acids is 1. The molecule has 0 unspecified atom stereocenters. The van der Waals surface area contributed by atoms with Crippen molar-refractivity contribution in [2.75, 3.05) is 6.54 Å². The second-order valence-corrected chi connectivity index (χ2v) is 5.90. The van der Waals surface area contributed by atoms with Gasteiger partial charge in [-0.2, -0.15) is 5.10 Å². The van der Waals surface area contributed by atoms with E-state index in [-0.39, 0.29) is 5.91 Å². The summed E-state index contributed by atoms with van der Waals surface area (Å²) < 4.78 is 1.88. The normalized spacial score (nSPS) is 12.3. The number of hydrogen-bond donors (Lipinski definition) is 1. The largest absolute Gasteiger partial charge is 0.352 e. The average molecular weight is 308 g/mol. The van der Waals surface area contributed by atoms with Crippen LogP contribution in [-0.2, 0) is 6.54 Å². The van der Waals surface area contributed by atoms with E-state index in [1.165, 1.54) is 0 Å². The molecule has 5 heteroatoms. The highest BCUT2D eigenvalue weighted by atomic mass is 16.1. The number of carbonyl (C=O) groups is 1. The van der Waals surface area contributed by atoms with Gasteiger partial charge in [-0.1, -0.05) is 13.0 Å². The van der Waals surface area contributed by atoms with E-state index in [1.807, 2.05) is 54.2 Å². The van der Waals surface area contributed by atoms with E-state index in [4.69, 9.17) is 0 Å². The molecule has 0 fully saturated rings. The SMILES string of the molecule is Cc1ccc2cc(C(=O)NC[C@H](C)Cn3cccn3)ccc2n1. The number of aromatic nitrogens is 3. The van der Waals surface area contributed by atoms with Gasteiger partial charge in [0.2, 0.25) is 0 Å². The van der Waals surface area contributed by atoms with Gasteiger partial charge in [-0.25, -0.2) is 0 Å². The molecule has 118 valence electrons. The van der Waals surface area contributed by atoms with Gasteiger partial charge in [0.25, 0.3) is 5.91 Å². The first-order chi connectivity index (χ1) is 11.1. The molecule has 0 aliphatic heterocycles. The lowest BCUT2D eigenvalue weighted by atomic mass is 10.1. The maximum absolute atomic E-state index is 12.3. The predicted molar refractivity (Wildman–Crippen MR) is 90.2 cm³/mol. The van der Waals surface area contributed by atoms with Gasteiger partial charge in [0, 0.05) is 42.1 Å². The van der Waals surface area contributed by atoms with Gasteiger partial charge in [-0.3, -0.25) is 14.5 Å². The van der Waals surface area contributed by atoms with Crippen LogP contribution in [0.3, 0.4) is 0 Å². The Labute approximate surface area is 135 Å². The molecule has 0 saturated carbocycles. The zero-order valence-corrected chi connectivity index (χ0v) is 13.4. The molecule has 23 heavy (non-hydrogen) atoms. The molecule has 0 bridgehead atoms. The summed E-state index contributed by atoms with van der Waals surface area (Å²) >= 11 is 0. The summed E-state index contributed by atoms with van der Waals surface area (Å²) in [6.07, 6.45) is 3.69. The third kappa shape index (κ3) is 3.74. The van der Waals surface area contributed by atoms with Crippen molar-refractivity contribution in [2.24, 2.45) is 5.92 Å². The van der Waals surface area contributed by atoms with Crippen LogP contribution in [0.15, 0.2) is 48.8 Å². The molecule has 0 aliphatic carbocycles. The van der Waals surface area contributed by atoms with Crippen molar-refractivity contribution in [3.63, 3.8) is 0 Å². The topological polar surface area (TPSA) is 59.8 Å². The number of nitrogens with one attached hydrogen (secondary N) is 1. The average Bonchev–Trinajstić information content (AvgIpc) is 3.05. The third-order valence-corrected chi connectivity index (χ3v) is 3.76. The number of aryl methyl sites for hydroxylation is 1. The smallest absolute Gasteiger partial charge is 0.251 e. The van der Waals surface area contributed by atoms with Crippen molar-refractivity contribution < 1.29 is 4.79 Å². The summed E-state index contributed by atoms with van der Waals surface area (Å²) in [5.74, 6) is 0.253. The Hall–Kier alpha value is -2.69. The molecule has 0 saturated heterocycles. The zero-order chi connectivity index (χ0) is 16.2. The van der Waals surface area contributed by atoms with Crippen LogP contribution in [0, 0.1) is 12.8 Å². The summed E-state index contributed by atoms with van der Waals surface area (Å²) in [5.41, 5.74) is 2.55. The number of nitrogens with zero attached hydrogens (tertiary/aromatic N) is 3. The van der Waals surface area contributed by atoms with Gasteiger partial charge in [0.1, 0.15) is 0 Å². The Morgan fingerprint density at radius 2 is 2.17 bits per heavy atom. The molecule has 1 amide bonds. The van der Waals surface area contributed by atoms with E-state index >= 15 is 0 Å². The van der Waals surface area contributed by atoms with Crippen LogP contribution >= 0.6 is 0 Å². The van der Waals surface area contributed by atoms with E-state index < -0.39 is 0 Å². The number of pyridine rings is 1. The highest BCUT2D eigenvalue weighted by molar-refractivity contribution is 5.97. The van der Waals surface area contributed by atoms with E-state index in [9.17, 15) is 4.79 Å². The van der Waals surface area contributed by atoms with E-state index in [1.54, 1.807) is 6.20 Å². The minimum absolute atomic E-state index is 0.0557. The molecule has 0 aliphatic rings. The number of rotatable bonds is 5. The number of amides is 1. The maximum atomic E-state index is 12.3. The molecule has 2 heterocycles. The minimum Gasteiger partial charge on any atom is -0.352 e. The highest BCUT2D eigenvalue weighted by Crippen LogP contribution is 2.15. The van der Waals surface area contributed by atoms with Gasteiger partial charge < -0.3 is 5.32 Å². The van der Waals surface area contributed by atoms with Crippen molar-refractivity contribution in [1.82, 2.24) is 20.1 Å². The van der Waals surface area contributed by atoms with Gasteiger partial charge in [-0.15, -0.1) is 0 Å². The molecule has 5 nitrogen and oxygen atoms in total. The predicted octanol–water partition coefficient (Wildman–Crippen LogP) is 2.81. The van der Waals surface area contributed by atoms with Crippen LogP contribution < -0.4 is 5.32 Å². The Balaban J connectivity index is 1.62. The van der Waals surface area contributed by atoms with Gasteiger partial charge >= 0.3 is 0 Å². The van der Waals surface area contributed by atoms with Crippen molar-refractivity contribution in [1.29, 1.82) is 0 Å². The molecule has 0 radical (unpaired) electrons. The second-order valence-electron chi connectivity index (χ2n) is 5.90. The summed E-state index contributed by atoms with van der Waals surface area (Å²) in [7, 11) is 0. The van der Waals surface area contributed by atoms with Crippen LogP contribution in [0.5, 0.6) is 0 Å². The van der Waals surface area contributed by atoms with Crippen LogP contribution in [0.2, 0.25) is 0 Å². The Kier molecular flexibility index (Phi) is 4.37. The van der Waals surface area contributed by atoms with Crippen molar-refractivity contribution >= 4 is 16.8 Å². The Morgan fingerprint density at radius 1 is 1.30 bits per heavy atom. The Bertz CT molecular complexity index is 811. The minimum atomic E-state index is -0.0557. The fourth-order valence-electron chi connectivity index (χ4n) is 2.53. The Morgan fingerprint density at radius 3 is 2.96 bits per heavy atom. The maximum Gasteiger partial charge on any atom is 0.251 e. The number of hydrogen-bond acceptors (Lipinski definition) is 3. The molecule has 1 atom stereocenters. The van der Waals surface area contributed by atoms with Crippen LogP contribution in [-0.4, -0.2) is 27.2 Å². The first-order valence-corrected chi connectivity index (χ1v) is 7.75. The van der Waals surface area contributed by atoms with Crippen molar-refractivity contribution in [2.45, 2.75) is 20.4 Å². The molecule has 3 aromatic rings. The molecular weight excluding hydrogens is 288 g/mol. The highest BCUT2D eigenvalue weighted by Gasteiger charge is 2.09. The number of fused-ring (bicyclic) bond motifs is 1. The third-order valence-electron chi connectivity index (χ3n) is 3.76. The molecule has 3 rings (SSSR count). The first kappa shape index (κ1) is 15.2. The van der Waals surface area contributed by atoms with E-state index in [2.05, 4.69) is 22.3 Å². The zero-order valence-electron chi connectivity index (χ0n) is 13.4. The fourth-order valence-corrected chi connectivity index (χ4v) is 2.53. The van der Waals surface area contributed by atoms with Gasteiger partial charge in [-0.05, 0) is 43.2 Å². The van der Waals surface area contributed by atoms with E-state index in [0.717, 1.165) is 23.1 Å². The standard InChI is InChI=1S/C18H20N4O/c1-13(12-22-9-3-8-20-22)11-19-18(23)16-6-7-17-15(10-16)5-4-14(2)21-17/h3-10,13H,11-12H2,1-2H3,(H,19,23)/t13-/m0/s1. The lowest BCUT2D eigenvalue weighted by molar-refractivity contribution is 0.0946. The second kappa shape index (κ2) is 6.60. The van der Waals surface area contributed by atoms with Crippen LogP contribution in [0.1, 0.15) is 23.0 Å². The van der Waals surface area contributed by atoms with Crippen LogP contribution in [0.4, 0.5) is 0 Å². The summed E-state index contributed by atoms with van der Waals surface area (Å²) in [6, 6.07) is 11.4. The fraction of sp³-hybridized carbons (Fsp3) is 0.278. The molecule has 0 spiro atoms.